The maximum absolute atomic E-state index is 12.5. The molecule has 6 heteroatoms. The number of methoxy groups -OCH3 is 1. The summed E-state index contributed by atoms with van der Waals surface area (Å²) in [5, 5.41) is 3.25. The Morgan fingerprint density at radius 3 is 2.69 bits per heavy atom. The number of esters is 1. The predicted molar refractivity (Wildman–Crippen MR) is 112 cm³/mol. The predicted octanol–water partition coefficient (Wildman–Crippen LogP) is 3.38. The summed E-state index contributed by atoms with van der Waals surface area (Å²) in [5.41, 5.74) is 0.803. The van der Waals surface area contributed by atoms with Crippen LogP contribution in [0.3, 0.4) is 0 Å². The van der Waals surface area contributed by atoms with Crippen LogP contribution in [0, 0.1) is 5.92 Å². The molecule has 0 amide bonds. The van der Waals surface area contributed by atoms with Crippen LogP contribution in [-0.4, -0.2) is 61.8 Å². The molecule has 1 saturated carbocycles. The van der Waals surface area contributed by atoms with E-state index in [4.69, 9.17) is 18.9 Å². The summed E-state index contributed by atoms with van der Waals surface area (Å²) in [4.78, 5) is 12.5. The Bertz CT molecular complexity index is 612. The number of carbonyl (C=O) groups excluding carboxylic acids is 1. The van der Waals surface area contributed by atoms with Crippen LogP contribution in [0.5, 0.6) is 0 Å². The van der Waals surface area contributed by atoms with Crippen LogP contribution in [0.4, 0.5) is 0 Å². The Kier molecular flexibility index (Phi) is 7.09. The van der Waals surface area contributed by atoms with Gasteiger partial charge in [0.15, 0.2) is 0 Å². The molecule has 166 valence electrons. The summed E-state index contributed by atoms with van der Waals surface area (Å²) in [5.74, 6) is -0.150. The second-order valence-corrected chi connectivity index (χ2v) is 9.48. The minimum Gasteiger partial charge on any atom is -0.459 e. The zero-order valence-electron chi connectivity index (χ0n) is 19.0. The van der Waals surface area contributed by atoms with Crippen molar-refractivity contribution in [3.8, 4) is 0 Å². The lowest BCUT2D eigenvalue weighted by Crippen LogP contribution is -2.56. The fourth-order valence-corrected chi connectivity index (χ4v) is 5.07. The van der Waals surface area contributed by atoms with Crippen molar-refractivity contribution in [1.29, 1.82) is 0 Å². The highest BCUT2D eigenvalue weighted by Gasteiger charge is 2.72. The van der Waals surface area contributed by atoms with E-state index in [1.807, 2.05) is 0 Å². The molecule has 6 nitrogen and oxygen atoms in total. The largest absolute Gasteiger partial charge is 0.459 e. The van der Waals surface area contributed by atoms with E-state index in [2.05, 4.69) is 46.0 Å². The lowest BCUT2D eigenvalue weighted by molar-refractivity contribution is -0.171. The maximum Gasteiger partial charge on any atom is 0.320 e. The number of nitrogens with one attached hydrogen (secondary N) is 1. The van der Waals surface area contributed by atoms with Gasteiger partial charge in [-0.2, -0.15) is 0 Å². The van der Waals surface area contributed by atoms with E-state index in [0.717, 1.165) is 38.7 Å². The Hall–Kier alpha value is -0.950. The molecule has 0 radical (unpaired) electrons. The van der Waals surface area contributed by atoms with Gasteiger partial charge in [-0.3, -0.25) is 4.79 Å². The zero-order chi connectivity index (χ0) is 21.2. The van der Waals surface area contributed by atoms with E-state index in [1.54, 1.807) is 7.11 Å². The van der Waals surface area contributed by atoms with Gasteiger partial charge in [-0.15, -0.1) is 0 Å². The Balaban J connectivity index is 1.64. The van der Waals surface area contributed by atoms with Crippen LogP contribution in [0.15, 0.2) is 11.6 Å². The van der Waals surface area contributed by atoms with Gasteiger partial charge >= 0.3 is 5.97 Å². The van der Waals surface area contributed by atoms with Gasteiger partial charge in [0, 0.05) is 13.2 Å². The fourth-order valence-electron chi connectivity index (χ4n) is 5.07. The van der Waals surface area contributed by atoms with Crippen molar-refractivity contribution in [2.24, 2.45) is 5.92 Å². The maximum atomic E-state index is 12.5. The summed E-state index contributed by atoms with van der Waals surface area (Å²) in [7, 11) is 1.71. The standard InChI is InChI=1S/C23H39NO5/c1-7-8-16(4)24-13-19(25)28-17-11-12-23(14-27-23)21(20(17)26-6)22(5)18(29-22)10-9-15(2)3/h9,16-18,20-21,24H,7-8,10-14H2,1-6H3/t16?,17-,18?,20-,21-,22+,23+/m1/s1. The Morgan fingerprint density at radius 1 is 1.38 bits per heavy atom. The van der Waals surface area contributed by atoms with Crippen LogP contribution >= 0.6 is 0 Å². The molecule has 0 bridgehead atoms. The second kappa shape index (κ2) is 9.04. The van der Waals surface area contributed by atoms with Crippen molar-refractivity contribution >= 4 is 5.97 Å². The van der Waals surface area contributed by atoms with Gasteiger partial charge in [-0.25, -0.2) is 0 Å². The molecule has 3 aliphatic rings. The van der Waals surface area contributed by atoms with E-state index >= 15 is 0 Å². The minimum absolute atomic E-state index is 0.0640. The lowest BCUT2D eigenvalue weighted by atomic mass is 9.68. The van der Waals surface area contributed by atoms with Gasteiger partial charge in [0.1, 0.15) is 23.4 Å². The molecule has 1 aliphatic carbocycles. The van der Waals surface area contributed by atoms with Gasteiger partial charge in [0.2, 0.25) is 0 Å². The van der Waals surface area contributed by atoms with Crippen LogP contribution in [0.2, 0.25) is 0 Å². The normalized spacial score (nSPS) is 39.1. The highest BCUT2D eigenvalue weighted by molar-refractivity contribution is 5.72. The molecule has 29 heavy (non-hydrogen) atoms. The number of ether oxygens (including phenoxy) is 4. The highest BCUT2D eigenvalue weighted by atomic mass is 16.6. The molecule has 2 unspecified atom stereocenters. The van der Waals surface area contributed by atoms with Gasteiger partial charge in [0.05, 0.1) is 25.2 Å². The number of hydrogen-bond acceptors (Lipinski definition) is 6. The van der Waals surface area contributed by atoms with Crippen LogP contribution < -0.4 is 5.32 Å². The molecular weight excluding hydrogens is 370 g/mol. The van der Waals surface area contributed by atoms with Gasteiger partial charge < -0.3 is 24.3 Å². The quantitative estimate of drug-likeness (QED) is 0.339. The number of rotatable bonds is 10. The van der Waals surface area contributed by atoms with Crippen molar-refractivity contribution in [2.45, 2.75) is 102 Å². The first-order chi connectivity index (χ1) is 13.8. The van der Waals surface area contributed by atoms with Crippen molar-refractivity contribution < 1.29 is 23.7 Å². The smallest absolute Gasteiger partial charge is 0.320 e. The van der Waals surface area contributed by atoms with Crippen molar-refractivity contribution in [3.05, 3.63) is 11.6 Å². The summed E-state index contributed by atoms with van der Waals surface area (Å²) < 4.78 is 24.0. The third-order valence-electron chi connectivity index (χ3n) is 6.84. The number of carbonyl (C=O) groups is 1. The summed E-state index contributed by atoms with van der Waals surface area (Å²) >= 11 is 0. The molecule has 0 aromatic carbocycles. The first-order valence-electron chi connectivity index (χ1n) is 11.2. The monoisotopic (exact) mass is 409 g/mol. The first-order valence-corrected chi connectivity index (χ1v) is 11.2. The van der Waals surface area contributed by atoms with Gasteiger partial charge in [-0.05, 0) is 53.4 Å². The summed E-state index contributed by atoms with van der Waals surface area (Å²) in [6.07, 6.45) is 6.57. The molecule has 2 heterocycles. The molecule has 0 aromatic heterocycles. The van der Waals surface area contributed by atoms with Crippen LogP contribution in [-0.2, 0) is 23.7 Å². The summed E-state index contributed by atoms with van der Waals surface area (Å²) in [6.45, 7) is 11.6. The van der Waals surface area contributed by atoms with Gasteiger partial charge in [0.25, 0.3) is 0 Å². The molecule has 3 fully saturated rings. The zero-order valence-corrected chi connectivity index (χ0v) is 19.0. The van der Waals surface area contributed by atoms with Crippen LogP contribution in [0.1, 0.15) is 66.7 Å². The van der Waals surface area contributed by atoms with E-state index in [9.17, 15) is 4.79 Å². The van der Waals surface area contributed by atoms with E-state index in [0.29, 0.717) is 6.04 Å². The van der Waals surface area contributed by atoms with Gasteiger partial charge in [-0.1, -0.05) is 25.0 Å². The summed E-state index contributed by atoms with van der Waals surface area (Å²) in [6, 6.07) is 0.308. The molecule has 1 spiro atoms. The van der Waals surface area contributed by atoms with Crippen LogP contribution in [0.25, 0.3) is 0 Å². The highest BCUT2D eigenvalue weighted by Crippen LogP contribution is 2.59. The second-order valence-electron chi connectivity index (χ2n) is 9.48. The number of epoxide rings is 2. The lowest BCUT2D eigenvalue weighted by Gasteiger charge is -2.42. The number of allylic oxidation sites excluding steroid dienone is 1. The molecular formula is C23H39NO5. The van der Waals surface area contributed by atoms with E-state index < -0.39 is 0 Å². The molecule has 7 atom stereocenters. The molecule has 3 rings (SSSR count). The van der Waals surface area contributed by atoms with E-state index in [-0.39, 0.29) is 47.9 Å². The third kappa shape index (κ3) is 5.04. The van der Waals surface area contributed by atoms with E-state index in [1.165, 1.54) is 5.57 Å². The van der Waals surface area contributed by atoms with Crippen molar-refractivity contribution in [2.75, 3.05) is 20.3 Å². The van der Waals surface area contributed by atoms with Crippen molar-refractivity contribution in [1.82, 2.24) is 5.32 Å². The third-order valence-corrected chi connectivity index (χ3v) is 6.84. The topological polar surface area (TPSA) is 72.6 Å². The average Bonchev–Trinajstić information content (AvgIpc) is 3.58. The average molecular weight is 410 g/mol. The molecule has 0 aromatic rings. The minimum atomic E-state index is -0.303. The Labute approximate surface area is 175 Å². The first kappa shape index (κ1) is 22.7. The molecule has 1 N–H and O–H groups in total. The number of hydrogen-bond donors (Lipinski definition) is 1. The SMILES string of the molecule is CCCC(C)NCC(=O)O[C@@H]1CC[C@]2(CO2)[C@@H]([C@@]2(C)OC2CC=C(C)C)[C@@H]1OC. The fraction of sp³-hybridized carbons (Fsp3) is 0.870. The molecule has 2 saturated heterocycles. The molecule has 2 aliphatic heterocycles. The van der Waals surface area contributed by atoms with Crippen molar-refractivity contribution in [3.63, 3.8) is 0 Å². The Morgan fingerprint density at radius 2 is 2.10 bits per heavy atom.